The maximum atomic E-state index is 12.6. The van der Waals surface area contributed by atoms with Crippen LogP contribution in [0, 0.1) is 6.92 Å². The number of nitrogens with zero attached hydrogens (tertiary/aromatic N) is 4. The Labute approximate surface area is 135 Å². The van der Waals surface area contributed by atoms with Crippen molar-refractivity contribution < 1.29 is 8.42 Å². The maximum absolute atomic E-state index is 12.6. The van der Waals surface area contributed by atoms with Crippen molar-refractivity contribution in [1.82, 2.24) is 4.31 Å². The Morgan fingerprint density at radius 2 is 1.70 bits per heavy atom. The number of benzene rings is 2. The second-order valence-electron chi connectivity index (χ2n) is 5.67. The zero-order valence-corrected chi connectivity index (χ0v) is 13.4. The molecule has 2 aromatic rings. The molecule has 0 aliphatic carbocycles. The van der Waals surface area contributed by atoms with Crippen molar-refractivity contribution in [3.63, 3.8) is 0 Å². The fourth-order valence-electron chi connectivity index (χ4n) is 2.70. The highest BCUT2D eigenvalue weighted by Gasteiger charge is 2.49. The van der Waals surface area contributed by atoms with Crippen LogP contribution in [0.15, 0.2) is 64.6 Å². The fraction of sp³-hybridized carbons (Fsp3) is 0.250. The number of aryl methyl sites for hydroxylation is 1. The van der Waals surface area contributed by atoms with E-state index in [1.807, 2.05) is 37.3 Å². The summed E-state index contributed by atoms with van der Waals surface area (Å²) in [6.45, 7) is 2.21. The van der Waals surface area contributed by atoms with Crippen molar-refractivity contribution in [2.75, 3.05) is 13.1 Å². The van der Waals surface area contributed by atoms with E-state index in [-0.39, 0.29) is 18.0 Å². The van der Waals surface area contributed by atoms with E-state index in [0.717, 1.165) is 11.1 Å². The van der Waals surface area contributed by atoms with Crippen LogP contribution in [-0.2, 0) is 15.6 Å². The minimum Gasteiger partial charge on any atom is -0.207 e. The van der Waals surface area contributed by atoms with Gasteiger partial charge in [0.05, 0.1) is 4.90 Å². The number of hydrogen-bond donors (Lipinski definition) is 0. The van der Waals surface area contributed by atoms with Crippen LogP contribution in [0.25, 0.3) is 10.4 Å². The van der Waals surface area contributed by atoms with Crippen molar-refractivity contribution in [3.8, 4) is 0 Å². The zero-order chi connectivity index (χ0) is 16.5. The van der Waals surface area contributed by atoms with E-state index in [0.29, 0.717) is 0 Å². The predicted molar refractivity (Wildman–Crippen MR) is 87.2 cm³/mol. The highest BCUT2D eigenvalue weighted by molar-refractivity contribution is 7.89. The van der Waals surface area contributed by atoms with Gasteiger partial charge in [0.2, 0.25) is 10.0 Å². The summed E-state index contributed by atoms with van der Waals surface area (Å²) in [5.41, 5.74) is 9.86. The molecule has 1 fully saturated rings. The summed E-state index contributed by atoms with van der Waals surface area (Å²) in [5, 5.41) is 3.88. The van der Waals surface area contributed by atoms with Crippen LogP contribution in [0.3, 0.4) is 0 Å². The number of rotatable bonds is 4. The third-order valence-electron chi connectivity index (χ3n) is 4.08. The van der Waals surface area contributed by atoms with E-state index in [9.17, 15) is 8.42 Å². The maximum Gasteiger partial charge on any atom is 0.243 e. The third-order valence-corrected chi connectivity index (χ3v) is 5.89. The van der Waals surface area contributed by atoms with Crippen LogP contribution in [0.5, 0.6) is 0 Å². The van der Waals surface area contributed by atoms with Gasteiger partial charge in [-0.2, -0.15) is 4.31 Å². The molecule has 1 aliphatic rings. The summed E-state index contributed by atoms with van der Waals surface area (Å²) < 4.78 is 26.6. The van der Waals surface area contributed by atoms with E-state index in [1.54, 1.807) is 24.3 Å². The molecule has 0 N–H and O–H groups in total. The molecule has 7 heteroatoms. The Bertz CT molecular complexity index is 851. The van der Waals surface area contributed by atoms with Crippen molar-refractivity contribution in [3.05, 3.63) is 76.2 Å². The molecule has 0 atom stereocenters. The predicted octanol–water partition coefficient (Wildman–Crippen LogP) is 3.21. The van der Waals surface area contributed by atoms with E-state index in [2.05, 4.69) is 10.0 Å². The van der Waals surface area contributed by atoms with Crippen LogP contribution >= 0.6 is 0 Å². The SMILES string of the molecule is Cc1ccc(S(=O)(=O)N2CC(N=[N+]=[N-])(c3ccccc3)C2)cc1. The molecule has 1 heterocycles. The number of sulfonamides is 1. The van der Waals surface area contributed by atoms with Crippen molar-refractivity contribution in [2.24, 2.45) is 5.11 Å². The van der Waals surface area contributed by atoms with E-state index in [4.69, 9.17) is 5.53 Å². The number of hydrogen-bond acceptors (Lipinski definition) is 3. The van der Waals surface area contributed by atoms with Gasteiger partial charge in [0.15, 0.2) is 0 Å². The molecule has 1 saturated heterocycles. The van der Waals surface area contributed by atoms with Crippen LogP contribution in [-0.4, -0.2) is 25.8 Å². The van der Waals surface area contributed by atoms with Gasteiger partial charge in [-0.1, -0.05) is 53.1 Å². The van der Waals surface area contributed by atoms with Gasteiger partial charge < -0.3 is 0 Å². The lowest BCUT2D eigenvalue weighted by Crippen LogP contribution is -2.59. The summed E-state index contributed by atoms with van der Waals surface area (Å²) in [4.78, 5) is 3.17. The molecule has 0 amide bonds. The van der Waals surface area contributed by atoms with Gasteiger partial charge in [0.1, 0.15) is 5.54 Å². The van der Waals surface area contributed by atoms with Gasteiger partial charge in [-0.15, -0.1) is 0 Å². The molecule has 2 aromatic carbocycles. The fourth-order valence-corrected chi connectivity index (χ4v) is 4.25. The molecule has 6 nitrogen and oxygen atoms in total. The second-order valence-corrected chi connectivity index (χ2v) is 7.61. The summed E-state index contributed by atoms with van der Waals surface area (Å²) >= 11 is 0. The number of azide groups is 1. The van der Waals surface area contributed by atoms with Crippen LogP contribution in [0.1, 0.15) is 11.1 Å². The Morgan fingerprint density at radius 3 is 2.26 bits per heavy atom. The molecule has 0 bridgehead atoms. The zero-order valence-electron chi connectivity index (χ0n) is 12.6. The van der Waals surface area contributed by atoms with E-state index in [1.165, 1.54) is 4.31 Å². The molecule has 0 saturated carbocycles. The quantitative estimate of drug-likeness (QED) is 0.490. The lowest BCUT2D eigenvalue weighted by Gasteiger charge is -2.46. The molecule has 0 aromatic heterocycles. The monoisotopic (exact) mass is 328 g/mol. The van der Waals surface area contributed by atoms with Crippen LogP contribution in [0.4, 0.5) is 0 Å². The van der Waals surface area contributed by atoms with Crippen molar-refractivity contribution in [1.29, 1.82) is 0 Å². The second kappa shape index (κ2) is 5.70. The van der Waals surface area contributed by atoms with Gasteiger partial charge in [0.25, 0.3) is 0 Å². The van der Waals surface area contributed by atoms with Gasteiger partial charge >= 0.3 is 0 Å². The van der Waals surface area contributed by atoms with Gasteiger partial charge in [-0.25, -0.2) is 8.42 Å². The minimum atomic E-state index is -3.57. The molecular weight excluding hydrogens is 312 g/mol. The lowest BCUT2D eigenvalue weighted by molar-refractivity contribution is 0.158. The first-order valence-corrected chi connectivity index (χ1v) is 8.61. The third kappa shape index (κ3) is 2.70. The molecule has 3 rings (SSSR count). The smallest absolute Gasteiger partial charge is 0.207 e. The molecule has 118 valence electrons. The van der Waals surface area contributed by atoms with E-state index < -0.39 is 15.6 Å². The normalized spacial score (nSPS) is 17.1. The average molecular weight is 328 g/mol. The van der Waals surface area contributed by atoms with Gasteiger partial charge in [-0.3, -0.25) is 0 Å². The Kier molecular flexibility index (Phi) is 3.85. The highest BCUT2D eigenvalue weighted by Crippen LogP contribution is 2.39. The van der Waals surface area contributed by atoms with Gasteiger partial charge in [0, 0.05) is 18.0 Å². The Hall–Kier alpha value is -2.34. The van der Waals surface area contributed by atoms with E-state index >= 15 is 0 Å². The largest absolute Gasteiger partial charge is 0.243 e. The first-order valence-electron chi connectivity index (χ1n) is 7.17. The molecule has 0 unspecified atom stereocenters. The summed E-state index contributed by atoms with van der Waals surface area (Å²) in [6.07, 6.45) is 0. The molecule has 23 heavy (non-hydrogen) atoms. The molecule has 0 radical (unpaired) electrons. The Morgan fingerprint density at radius 1 is 1.09 bits per heavy atom. The molecular formula is C16H16N4O2S. The van der Waals surface area contributed by atoms with Crippen LogP contribution in [0.2, 0.25) is 0 Å². The van der Waals surface area contributed by atoms with Crippen molar-refractivity contribution >= 4 is 10.0 Å². The summed E-state index contributed by atoms with van der Waals surface area (Å²) in [5.74, 6) is 0. The lowest BCUT2D eigenvalue weighted by atomic mass is 9.85. The average Bonchev–Trinajstić information content (AvgIpc) is 2.51. The Balaban J connectivity index is 1.89. The standard InChI is InChI=1S/C16H16N4O2S/c1-13-7-9-15(10-8-13)23(21,22)20-11-16(12-20,18-19-17)14-5-3-2-4-6-14/h2-10H,11-12H2,1H3. The molecule has 1 aliphatic heterocycles. The van der Waals surface area contributed by atoms with Gasteiger partial charge in [-0.05, 0) is 30.2 Å². The minimum absolute atomic E-state index is 0.150. The van der Waals surface area contributed by atoms with Crippen molar-refractivity contribution in [2.45, 2.75) is 17.4 Å². The highest BCUT2D eigenvalue weighted by atomic mass is 32.2. The van der Waals surface area contributed by atoms with Crippen LogP contribution < -0.4 is 0 Å². The first-order chi connectivity index (χ1) is 11.0. The summed E-state index contributed by atoms with van der Waals surface area (Å²) in [6, 6.07) is 16.0. The summed E-state index contributed by atoms with van der Waals surface area (Å²) in [7, 11) is -3.57. The molecule has 0 spiro atoms. The first kappa shape index (κ1) is 15.6. The topological polar surface area (TPSA) is 86.1 Å².